The van der Waals surface area contributed by atoms with E-state index in [0.29, 0.717) is 13.2 Å². The molecular formula is C12H15F2NO2. The van der Waals surface area contributed by atoms with Crippen LogP contribution in [-0.4, -0.2) is 42.9 Å². The van der Waals surface area contributed by atoms with Crippen LogP contribution in [0.4, 0.5) is 8.78 Å². The molecule has 2 atom stereocenters. The molecule has 94 valence electrons. The van der Waals surface area contributed by atoms with Crippen LogP contribution >= 0.6 is 0 Å². The molecule has 2 rings (SSSR count). The Morgan fingerprint density at radius 3 is 2.94 bits per heavy atom. The Hall–Kier alpha value is -1.04. The van der Waals surface area contributed by atoms with E-state index in [9.17, 15) is 13.9 Å². The third-order valence-corrected chi connectivity index (χ3v) is 2.93. The highest BCUT2D eigenvalue weighted by Crippen LogP contribution is 2.24. The normalized spacial score (nSPS) is 23.6. The number of aliphatic hydroxyl groups excluding tert-OH is 1. The molecule has 0 aliphatic carbocycles. The Morgan fingerprint density at radius 2 is 2.24 bits per heavy atom. The van der Waals surface area contributed by atoms with E-state index in [1.165, 1.54) is 0 Å². The molecule has 1 heterocycles. The van der Waals surface area contributed by atoms with Gasteiger partial charge in [-0.25, -0.2) is 8.78 Å². The zero-order chi connectivity index (χ0) is 12.4. The number of rotatable bonds is 2. The van der Waals surface area contributed by atoms with Gasteiger partial charge in [0, 0.05) is 18.7 Å². The fourth-order valence-electron chi connectivity index (χ4n) is 1.94. The van der Waals surface area contributed by atoms with E-state index < -0.39 is 23.8 Å². The quantitative estimate of drug-likeness (QED) is 0.850. The van der Waals surface area contributed by atoms with E-state index in [1.54, 1.807) is 0 Å². The van der Waals surface area contributed by atoms with E-state index in [0.717, 1.165) is 24.7 Å². The average Bonchev–Trinajstić information content (AvgIpc) is 2.31. The molecule has 2 unspecified atom stereocenters. The van der Waals surface area contributed by atoms with Gasteiger partial charge in [0.1, 0.15) is 23.8 Å². The third-order valence-electron chi connectivity index (χ3n) is 2.93. The number of likely N-dealkylation sites (N-methyl/N-ethyl adjacent to an activating group) is 1. The molecule has 1 aliphatic heterocycles. The van der Waals surface area contributed by atoms with Crippen molar-refractivity contribution in [3.63, 3.8) is 0 Å². The Bertz CT molecular complexity index is 400. The first-order chi connectivity index (χ1) is 8.08. The first-order valence-corrected chi connectivity index (χ1v) is 5.51. The van der Waals surface area contributed by atoms with Crippen molar-refractivity contribution in [1.82, 2.24) is 4.90 Å². The molecule has 1 fully saturated rings. The lowest BCUT2D eigenvalue weighted by Crippen LogP contribution is -2.43. The first-order valence-electron chi connectivity index (χ1n) is 5.51. The summed E-state index contributed by atoms with van der Waals surface area (Å²) in [7, 11) is 1.89. The van der Waals surface area contributed by atoms with Crippen LogP contribution in [0.25, 0.3) is 0 Å². The van der Waals surface area contributed by atoms with E-state index in [1.807, 2.05) is 11.9 Å². The minimum Gasteiger partial charge on any atom is -0.386 e. The zero-order valence-corrected chi connectivity index (χ0v) is 9.57. The molecule has 3 nitrogen and oxygen atoms in total. The lowest BCUT2D eigenvalue weighted by molar-refractivity contribution is -0.0854. The summed E-state index contributed by atoms with van der Waals surface area (Å²) in [5, 5.41) is 10.0. The number of ether oxygens (including phenoxy) is 1. The Balaban J connectivity index is 2.18. The lowest BCUT2D eigenvalue weighted by atomic mass is 10.0. The third kappa shape index (κ3) is 2.80. The number of aliphatic hydroxyl groups is 1. The molecule has 0 spiro atoms. The van der Waals surface area contributed by atoms with Crippen LogP contribution in [0.2, 0.25) is 0 Å². The van der Waals surface area contributed by atoms with Gasteiger partial charge < -0.3 is 14.7 Å². The summed E-state index contributed by atoms with van der Waals surface area (Å²) in [5.74, 6) is -1.18. The summed E-state index contributed by atoms with van der Waals surface area (Å²) in [6, 6.07) is 3.05. The van der Waals surface area contributed by atoms with Gasteiger partial charge in [0.05, 0.1) is 6.61 Å². The van der Waals surface area contributed by atoms with Gasteiger partial charge in [-0.1, -0.05) is 0 Å². The SMILES string of the molecule is CN1CCOC(C(O)c2cc(F)ccc2F)C1. The lowest BCUT2D eigenvalue weighted by Gasteiger charge is -2.33. The fourth-order valence-corrected chi connectivity index (χ4v) is 1.94. The molecule has 0 saturated carbocycles. The average molecular weight is 243 g/mol. The molecule has 0 aromatic heterocycles. The number of nitrogens with zero attached hydrogens (tertiary/aromatic N) is 1. The van der Waals surface area contributed by atoms with E-state index >= 15 is 0 Å². The number of halogens is 2. The molecular weight excluding hydrogens is 228 g/mol. The van der Waals surface area contributed by atoms with Gasteiger partial charge in [-0.2, -0.15) is 0 Å². The molecule has 0 radical (unpaired) electrons. The van der Waals surface area contributed by atoms with Gasteiger partial charge in [0.2, 0.25) is 0 Å². The highest BCUT2D eigenvalue weighted by molar-refractivity contribution is 5.22. The van der Waals surface area contributed by atoms with Crippen LogP contribution in [0.5, 0.6) is 0 Å². The molecule has 1 aromatic carbocycles. The largest absolute Gasteiger partial charge is 0.386 e. The summed E-state index contributed by atoms with van der Waals surface area (Å²) >= 11 is 0. The van der Waals surface area contributed by atoms with Crippen molar-refractivity contribution in [3.8, 4) is 0 Å². The van der Waals surface area contributed by atoms with Crippen LogP contribution in [0.1, 0.15) is 11.7 Å². The monoisotopic (exact) mass is 243 g/mol. The molecule has 1 aliphatic rings. The van der Waals surface area contributed by atoms with Crippen LogP contribution < -0.4 is 0 Å². The number of hydrogen-bond donors (Lipinski definition) is 1. The Labute approximate surface area is 98.6 Å². The van der Waals surface area contributed by atoms with Crippen molar-refractivity contribution in [2.75, 3.05) is 26.7 Å². The van der Waals surface area contributed by atoms with Gasteiger partial charge in [-0.15, -0.1) is 0 Å². The highest BCUT2D eigenvalue weighted by Gasteiger charge is 2.28. The van der Waals surface area contributed by atoms with E-state index in [2.05, 4.69) is 0 Å². The maximum Gasteiger partial charge on any atom is 0.129 e. The fraction of sp³-hybridized carbons (Fsp3) is 0.500. The molecule has 1 saturated heterocycles. The number of morpholine rings is 1. The number of hydrogen-bond acceptors (Lipinski definition) is 3. The topological polar surface area (TPSA) is 32.7 Å². The Morgan fingerprint density at radius 1 is 1.47 bits per heavy atom. The maximum atomic E-state index is 13.5. The molecule has 17 heavy (non-hydrogen) atoms. The van der Waals surface area contributed by atoms with E-state index in [-0.39, 0.29) is 5.56 Å². The van der Waals surface area contributed by atoms with Crippen LogP contribution in [-0.2, 0) is 4.74 Å². The van der Waals surface area contributed by atoms with Gasteiger partial charge in [-0.3, -0.25) is 0 Å². The highest BCUT2D eigenvalue weighted by atomic mass is 19.1. The van der Waals surface area contributed by atoms with Gasteiger partial charge in [0.25, 0.3) is 0 Å². The minimum atomic E-state index is -1.14. The van der Waals surface area contributed by atoms with Crippen LogP contribution in [0.15, 0.2) is 18.2 Å². The van der Waals surface area contributed by atoms with Crippen LogP contribution in [0.3, 0.4) is 0 Å². The number of benzene rings is 1. The summed E-state index contributed by atoms with van der Waals surface area (Å²) < 4.78 is 31.9. The smallest absolute Gasteiger partial charge is 0.129 e. The van der Waals surface area contributed by atoms with Crippen molar-refractivity contribution < 1.29 is 18.6 Å². The predicted molar refractivity (Wildman–Crippen MR) is 58.6 cm³/mol. The van der Waals surface area contributed by atoms with Crippen molar-refractivity contribution in [2.24, 2.45) is 0 Å². The molecule has 5 heteroatoms. The summed E-state index contributed by atoms with van der Waals surface area (Å²) in [6.45, 7) is 1.75. The minimum absolute atomic E-state index is 0.0506. The maximum absolute atomic E-state index is 13.5. The predicted octanol–water partition coefficient (Wildman–Crippen LogP) is 1.33. The van der Waals surface area contributed by atoms with Gasteiger partial charge >= 0.3 is 0 Å². The first kappa shape index (κ1) is 12.4. The van der Waals surface area contributed by atoms with Gasteiger partial charge in [-0.05, 0) is 25.2 Å². The second kappa shape index (κ2) is 5.08. The molecule has 1 N–H and O–H groups in total. The van der Waals surface area contributed by atoms with Crippen molar-refractivity contribution >= 4 is 0 Å². The standard InChI is InChI=1S/C12H15F2NO2/c1-15-4-5-17-11(7-15)12(16)9-6-8(13)2-3-10(9)14/h2-3,6,11-12,16H,4-5,7H2,1H3. The Kier molecular flexibility index (Phi) is 3.71. The van der Waals surface area contributed by atoms with Gasteiger partial charge in [0.15, 0.2) is 0 Å². The summed E-state index contributed by atoms with van der Waals surface area (Å²) in [4.78, 5) is 1.98. The van der Waals surface area contributed by atoms with Crippen molar-refractivity contribution in [3.05, 3.63) is 35.4 Å². The summed E-state index contributed by atoms with van der Waals surface area (Å²) in [5.41, 5.74) is -0.0506. The van der Waals surface area contributed by atoms with Crippen molar-refractivity contribution in [2.45, 2.75) is 12.2 Å². The molecule has 0 amide bonds. The second-order valence-corrected chi connectivity index (χ2v) is 4.28. The van der Waals surface area contributed by atoms with Crippen LogP contribution in [0, 0.1) is 11.6 Å². The zero-order valence-electron chi connectivity index (χ0n) is 9.57. The van der Waals surface area contributed by atoms with Crippen molar-refractivity contribution in [1.29, 1.82) is 0 Å². The van der Waals surface area contributed by atoms with E-state index in [4.69, 9.17) is 4.74 Å². The molecule has 1 aromatic rings. The molecule has 0 bridgehead atoms. The summed E-state index contributed by atoms with van der Waals surface area (Å²) in [6.07, 6.45) is -1.67. The second-order valence-electron chi connectivity index (χ2n) is 4.28.